The molecule has 1 rings (SSSR count). The van der Waals surface area contributed by atoms with E-state index in [1.807, 2.05) is 13.8 Å². The second kappa shape index (κ2) is 9.40. The zero-order chi connectivity index (χ0) is 16.5. The lowest BCUT2D eigenvalue weighted by Crippen LogP contribution is -2.34. The predicted molar refractivity (Wildman–Crippen MR) is 84.6 cm³/mol. The van der Waals surface area contributed by atoms with Crippen molar-refractivity contribution in [2.24, 2.45) is 5.73 Å². The Labute approximate surface area is 131 Å². The summed E-state index contributed by atoms with van der Waals surface area (Å²) in [5.41, 5.74) is 6.18. The van der Waals surface area contributed by atoms with Crippen LogP contribution >= 0.6 is 0 Å². The standard InChI is InChI=1S/C16H26N2O4/c1-11(2)22-13-6-4-12(5-7-13)15(19)10-18-16(20)8-14(9-17)21-3/h4-7,11,14-15,19H,8-10,17H2,1-3H3,(H,18,20). The summed E-state index contributed by atoms with van der Waals surface area (Å²) in [6.07, 6.45) is -0.784. The van der Waals surface area contributed by atoms with Gasteiger partial charge in [-0.25, -0.2) is 0 Å². The van der Waals surface area contributed by atoms with E-state index in [1.54, 1.807) is 24.3 Å². The summed E-state index contributed by atoms with van der Waals surface area (Å²) in [6.45, 7) is 4.33. The monoisotopic (exact) mass is 310 g/mol. The minimum Gasteiger partial charge on any atom is -0.491 e. The molecule has 0 aliphatic carbocycles. The molecular weight excluding hydrogens is 284 g/mol. The van der Waals surface area contributed by atoms with E-state index in [4.69, 9.17) is 15.2 Å². The van der Waals surface area contributed by atoms with Crippen LogP contribution in [0.25, 0.3) is 0 Å². The van der Waals surface area contributed by atoms with Gasteiger partial charge in [0.2, 0.25) is 5.91 Å². The van der Waals surface area contributed by atoms with Crippen molar-refractivity contribution in [2.75, 3.05) is 20.2 Å². The summed E-state index contributed by atoms with van der Waals surface area (Å²) in [7, 11) is 1.51. The van der Waals surface area contributed by atoms with Crippen molar-refractivity contribution >= 4 is 5.91 Å². The van der Waals surface area contributed by atoms with E-state index in [-0.39, 0.29) is 37.6 Å². The van der Waals surface area contributed by atoms with Gasteiger partial charge in [-0.3, -0.25) is 4.79 Å². The van der Waals surface area contributed by atoms with Gasteiger partial charge in [0.25, 0.3) is 0 Å². The van der Waals surface area contributed by atoms with E-state index in [9.17, 15) is 9.90 Å². The maximum Gasteiger partial charge on any atom is 0.222 e. The van der Waals surface area contributed by atoms with Crippen LogP contribution in [0.1, 0.15) is 31.9 Å². The number of methoxy groups -OCH3 is 1. The first-order valence-electron chi connectivity index (χ1n) is 7.40. The first kappa shape index (κ1) is 18.4. The largest absolute Gasteiger partial charge is 0.491 e. The smallest absolute Gasteiger partial charge is 0.222 e. The fraction of sp³-hybridized carbons (Fsp3) is 0.562. The SMILES string of the molecule is COC(CN)CC(=O)NCC(O)c1ccc(OC(C)C)cc1. The minimum absolute atomic E-state index is 0.103. The van der Waals surface area contributed by atoms with Gasteiger partial charge in [-0.2, -0.15) is 0 Å². The summed E-state index contributed by atoms with van der Waals surface area (Å²) in [5, 5.41) is 12.8. The van der Waals surface area contributed by atoms with Crippen LogP contribution in [-0.2, 0) is 9.53 Å². The Morgan fingerprint density at radius 2 is 1.95 bits per heavy atom. The molecule has 4 N–H and O–H groups in total. The Kier molecular flexibility index (Phi) is 7.87. The number of carbonyl (C=O) groups excluding carboxylic acids is 1. The van der Waals surface area contributed by atoms with Crippen LogP contribution in [0.4, 0.5) is 0 Å². The fourth-order valence-electron chi connectivity index (χ4n) is 1.91. The van der Waals surface area contributed by atoms with Gasteiger partial charge in [-0.05, 0) is 31.5 Å². The second-order valence-electron chi connectivity index (χ2n) is 5.35. The summed E-state index contributed by atoms with van der Waals surface area (Å²) in [5.74, 6) is 0.553. The van der Waals surface area contributed by atoms with Crippen LogP contribution in [0.3, 0.4) is 0 Å². The van der Waals surface area contributed by atoms with Gasteiger partial charge in [0.05, 0.1) is 24.7 Å². The molecule has 2 atom stereocenters. The van der Waals surface area contributed by atoms with Gasteiger partial charge in [0.1, 0.15) is 5.75 Å². The van der Waals surface area contributed by atoms with Gasteiger partial charge in [0.15, 0.2) is 0 Å². The van der Waals surface area contributed by atoms with Gasteiger partial charge < -0.3 is 25.6 Å². The van der Waals surface area contributed by atoms with Gasteiger partial charge >= 0.3 is 0 Å². The van der Waals surface area contributed by atoms with Gasteiger partial charge in [-0.15, -0.1) is 0 Å². The number of amides is 1. The lowest BCUT2D eigenvalue weighted by molar-refractivity contribution is -0.123. The molecule has 0 heterocycles. The number of nitrogens with two attached hydrogens (primary N) is 1. The van der Waals surface area contributed by atoms with Crippen LogP contribution in [0, 0.1) is 0 Å². The average Bonchev–Trinajstić information content (AvgIpc) is 2.50. The summed E-state index contributed by atoms with van der Waals surface area (Å²) >= 11 is 0. The lowest BCUT2D eigenvalue weighted by Gasteiger charge is -2.16. The van der Waals surface area contributed by atoms with E-state index in [1.165, 1.54) is 7.11 Å². The fourth-order valence-corrected chi connectivity index (χ4v) is 1.91. The maximum absolute atomic E-state index is 11.7. The quantitative estimate of drug-likeness (QED) is 0.632. The third-order valence-electron chi connectivity index (χ3n) is 3.14. The highest BCUT2D eigenvalue weighted by atomic mass is 16.5. The number of carbonyl (C=O) groups is 1. The molecule has 6 nitrogen and oxygen atoms in total. The molecule has 1 amide bonds. The molecule has 0 fully saturated rings. The van der Waals surface area contributed by atoms with Crippen molar-refractivity contribution in [3.8, 4) is 5.75 Å². The molecule has 2 unspecified atom stereocenters. The van der Waals surface area contributed by atoms with E-state index >= 15 is 0 Å². The van der Waals surface area contributed by atoms with Crippen molar-refractivity contribution in [3.05, 3.63) is 29.8 Å². The summed E-state index contributed by atoms with van der Waals surface area (Å²) in [6, 6.07) is 7.17. The van der Waals surface area contributed by atoms with Crippen molar-refractivity contribution < 1.29 is 19.4 Å². The topological polar surface area (TPSA) is 93.8 Å². The third kappa shape index (κ3) is 6.43. The second-order valence-corrected chi connectivity index (χ2v) is 5.35. The van der Waals surface area contributed by atoms with Crippen LogP contribution in [0.15, 0.2) is 24.3 Å². The molecule has 0 radical (unpaired) electrons. The molecule has 0 bridgehead atoms. The number of aliphatic hydroxyl groups is 1. The molecule has 0 aliphatic heterocycles. The molecule has 22 heavy (non-hydrogen) atoms. The molecule has 1 aromatic rings. The van der Waals surface area contributed by atoms with Gasteiger partial charge in [0, 0.05) is 20.2 Å². The molecule has 0 spiro atoms. The number of nitrogens with one attached hydrogen (secondary N) is 1. The molecular formula is C16H26N2O4. The van der Waals surface area contributed by atoms with Crippen LogP contribution < -0.4 is 15.8 Å². The Balaban J connectivity index is 2.44. The number of aliphatic hydroxyl groups excluding tert-OH is 1. The number of rotatable bonds is 9. The number of benzene rings is 1. The third-order valence-corrected chi connectivity index (χ3v) is 3.14. The Morgan fingerprint density at radius 1 is 1.32 bits per heavy atom. The Bertz CT molecular complexity index is 444. The normalized spacial score (nSPS) is 13.7. The molecule has 124 valence electrons. The Hall–Kier alpha value is -1.63. The minimum atomic E-state index is -0.768. The van der Waals surface area contributed by atoms with Crippen molar-refractivity contribution in [3.63, 3.8) is 0 Å². The number of hydrogen-bond donors (Lipinski definition) is 3. The molecule has 6 heteroatoms. The van der Waals surface area contributed by atoms with Gasteiger partial charge in [-0.1, -0.05) is 12.1 Å². The highest BCUT2D eigenvalue weighted by Crippen LogP contribution is 2.18. The van der Waals surface area contributed by atoms with Crippen LogP contribution in [0.2, 0.25) is 0 Å². The van der Waals surface area contributed by atoms with Crippen LogP contribution in [-0.4, -0.2) is 43.4 Å². The first-order valence-corrected chi connectivity index (χ1v) is 7.40. The van der Waals surface area contributed by atoms with Crippen molar-refractivity contribution in [1.82, 2.24) is 5.32 Å². The molecule has 0 saturated heterocycles. The zero-order valence-corrected chi connectivity index (χ0v) is 13.4. The van der Waals surface area contributed by atoms with Crippen molar-refractivity contribution in [2.45, 2.75) is 38.6 Å². The van der Waals surface area contributed by atoms with E-state index in [2.05, 4.69) is 5.32 Å². The lowest BCUT2D eigenvalue weighted by atomic mass is 10.1. The molecule has 0 aromatic heterocycles. The number of ether oxygens (including phenoxy) is 2. The summed E-state index contributed by atoms with van der Waals surface area (Å²) < 4.78 is 10.6. The van der Waals surface area contributed by atoms with Crippen molar-refractivity contribution in [1.29, 1.82) is 0 Å². The average molecular weight is 310 g/mol. The predicted octanol–water partition coefficient (Wildman–Crippen LogP) is 0.987. The van der Waals surface area contributed by atoms with E-state index < -0.39 is 6.10 Å². The zero-order valence-electron chi connectivity index (χ0n) is 13.4. The Morgan fingerprint density at radius 3 is 2.45 bits per heavy atom. The van der Waals surface area contributed by atoms with E-state index in [0.717, 1.165) is 11.3 Å². The van der Waals surface area contributed by atoms with Crippen LogP contribution in [0.5, 0.6) is 5.75 Å². The number of hydrogen-bond acceptors (Lipinski definition) is 5. The molecule has 0 saturated carbocycles. The highest BCUT2D eigenvalue weighted by Gasteiger charge is 2.13. The summed E-state index contributed by atoms with van der Waals surface area (Å²) in [4.78, 5) is 11.7. The molecule has 0 aliphatic rings. The van der Waals surface area contributed by atoms with E-state index in [0.29, 0.717) is 0 Å². The highest BCUT2D eigenvalue weighted by molar-refractivity contribution is 5.76. The maximum atomic E-state index is 11.7. The molecule has 1 aromatic carbocycles. The first-order chi connectivity index (χ1) is 10.5.